The minimum absolute atomic E-state index is 0.520. The molecule has 4 aromatic heterocycles. The predicted molar refractivity (Wildman–Crippen MR) is 131 cm³/mol. The van der Waals surface area contributed by atoms with Gasteiger partial charge in [0.1, 0.15) is 0 Å². The van der Waals surface area contributed by atoms with Gasteiger partial charge in [-0.25, -0.2) is 9.97 Å². The summed E-state index contributed by atoms with van der Waals surface area (Å²) in [5, 5.41) is 6.97. The van der Waals surface area contributed by atoms with E-state index in [1.165, 1.54) is 0 Å². The van der Waals surface area contributed by atoms with Crippen LogP contribution in [0.2, 0.25) is 0 Å². The predicted octanol–water partition coefficient (Wildman–Crippen LogP) is 4.38. The number of aromatic nitrogens is 4. The van der Waals surface area contributed by atoms with Gasteiger partial charge in [0.15, 0.2) is 5.11 Å². The summed E-state index contributed by atoms with van der Waals surface area (Å²) in [6.45, 7) is 4.99. The van der Waals surface area contributed by atoms with Crippen LogP contribution in [0, 0.1) is 13.8 Å². The number of nitrogens with zero attached hydrogens (tertiary/aromatic N) is 4. The van der Waals surface area contributed by atoms with Crippen molar-refractivity contribution in [3.05, 3.63) is 95.6 Å². The molecule has 0 saturated carbocycles. The first-order valence-electron chi connectivity index (χ1n) is 10.4. The van der Waals surface area contributed by atoms with Crippen LogP contribution in [0.3, 0.4) is 0 Å². The summed E-state index contributed by atoms with van der Waals surface area (Å²) in [4.78, 5) is 18.5. The lowest BCUT2D eigenvalue weighted by Crippen LogP contribution is -2.34. The van der Waals surface area contributed by atoms with Crippen molar-refractivity contribution >= 4 is 17.3 Å². The fraction of sp³-hybridized carbons (Fsp3) is 0.160. The topological polar surface area (TPSA) is 75.6 Å². The molecule has 4 heterocycles. The molecule has 0 radical (unpaired) electrons. The highest BCUT2D eigenvalue weighted by Crippen LogP contribution is 2.16. The van der Waals surface area contributed by atoms with Crippen LogP contribution in [0.4, 0.5) is 0 Å². The Bertz CT molecular complexity index is 1150. The molecule has 0 aliphatic heterocycles. The third-order valence-corrected chi connectivity index (χ3v) is 5.06. The maximum Gasteiger partial charge on any atom is 0.166 e. The molecule has 32 heavy (non-hydrogen) atoms. The summed E-state index contributed by atoms with van der Waals surface area (Å²) in [7, 11) is 0. The Balaban J connectivity index is 1.33. The van der Waals surface area contributed by atoms with Gasteiger partial charge in [0.05, 0.1) is 47.3 Å². The molecule has 6 nitrogen and oxygen atoms in total. The molecule has 0 bridgehead atoms. The molecule has 0 saturated heterocycles. The van der Waals surface area contributed by atoms with E-state index in [2.05, 4.69) is 20.6 Å². The van der Waals surface area contributed by atoms with Crippen LogP contribution in [0.15, 0.2) is 72.8 Å². The summed E-state index contributed by atoms with van der Waals surface area (Å²) in [5.74, 6) is 0. The van der Waals surface area contributed by atoms with Gasteiger partial charge in [-0.15, -0.1) is 0 Å². The largest absolute Gasteiger partial charge is 0.357 e. The van der Waals surface area contributed by atoms with E-state index in [1.54, 1.807) is 0 Å². The second-order valence-corrected chi connectivity index (χ2v) is 7.80. The second-order valence-electron chi connectivity index (χ2n) is 7.39. The van der Waals surface area contributed by atoms with Crippen molar-refractivity contribution in [2.45, 2.75) is 26.9 Å². The minimum atomic E-state index is 0.520. The van der Waals surface area contributed by atoms with Crippen molar-refractivity contribution in [2.75, 3.05) is 0 Å². The number of pyridine rings is 4. The number of hydrogen-bond donors (Lipinski definition) is 2. The lowest BCUT2D eigenvalue weighted by molar-refractivity contribution is 0.803. The van der Waals surface area contributed by atoms with E-state index >= 15 is 0 Å². The van der Waals surface area contributed by atoms with Gasteiger partial charge in [-0.2, -0.15) is 0 Å². The summed E-state index contributed by atoms with van der Waals surface area (Å²) < 4.78 is 0. The molecule has 0 aliphatic carbocycles. The first-order valence-corrected chi connectivity index (χ1v) is 10.8. The van der Waals surface area contributed by atoms with Crippen LogP contribution in [-0.2, 0) is 13.1 Å². The molecule has 0 fully saturated rings. The molecule has 4 aromatic rings. The number of hydrogen-bond acceptors (Lipinski definition) is 5. The Morgan fingerprint density at radius 2 is 0.969 bits per heavy atom. The number of aryl methyl sites for hydroxylation is 2. The van der Waals surface area contributed by atoms with Crippen molar-refractivity contribution in [3.8, 4) is 22.8 Å². The van der Waals surface area contributed by atoms with Crippen LogP contribution >= 0.6 is 12.2 Å². The van der Waals surface area contributed by atoms with Gasteiger partial charge in [-0.1, -0.05) is 24.3 Å². The molecular weight excluding hydrogens is 416 g/mol. The summed E-state index contributed by atoms with van der Waals surface area (Å²) in [5.41, 5.74) is 7.13. The molecule has 0 aliphatic rings. The van der Waals surface area contributed by atoms with Gasteiger partial charge in [0.25, 0.3) is 0 Å². The summed E-state index contributed by atoms with van der Waals surface area (Å²) in [6.07, 6.45) is 0. The molecule has 4 rings (SSSR count). The molecule has 0 spiro atoms. The Morgan fingerprint density at radius 3 is 1.38 bits per heavy atom. The fourth-order valence-corrected chi connectivity index (χ4v) is 3.36. The monoisotopic (exact) mass is 440 g/mol. The van der Waals surface area contributed by atoms with E-state index in [-0.39, 0.29) is 0 Å². The fourth-order valence-electron chi connectivity index (χ4n) is 3.22. The van der Waals surface area contributed by atoms with Crippen LogP contribution in [0.25, 0.3) is 22.8 Å². The first kappa shape index (κ1) is 21.5. The van der Waals surface area contributed by atoms with Gasteiger partial charge in [-0.05, 0) is 74.6 Å². The van der Waals surface area contributed by atoms with Crippen LogP contribution in [-0.4, -0.2) is 25.0 Å². The normalized spacial score (nSPS) is 10.6. The summed E-state index contributed by atoms with van der Waals surface area (Å²) >= 11 is 5.44. The highest BCUT2D eigenvalue weighted by molar-refractivity contribution is 7.80. The number of rotatable bonds is 6. The van der Waals surface area contributed by atoms with E-state index < -0.39 is 0 Å². The average Bonchev–Trinajstić information content (AvgIpc) is 2.82. The van der Waals surface area contributed by atoms with Crippen molar-refractivity contribution in [1.29, 1.82) is 0 Å². The van der Waals surface area contributed by atoms with E-state index in [4.69, 9.17) is 22.2 Å². The number of thiocarbonyl (C=S) groups is 1. The zero-order chi connectivity index (χ0) is 22.3. The SMILES string of the molecule is Cc1cccc(-c2cccc(CNC(=S)NCc3cccc(-c4cccc(C)n4)n3)n2)n1. The standard InChI is InChI=1S/C25H24N6S/c1-17-7-3-11-21(28-17)23-13-5-9-19(30-23)15-26-25(32)27-16-20-10-6-14-24(31-20)22-12-4-8-18(2)29-22/h3-14H,15-16H2,1-2H3,(H2,26,27,32). The second kappa shape index (κ2) is 10.1. The van der Waals surface area contributed by atoms with E-state index in [9.17, 15) is 0 Å². The quantitative estimate of drug-likeness (QED) is 0.431. The van der Waals surface area contributed by atoms with Crippen LogP contribution < -0.4 is 10.6 Å². The van der Waals surface area contributed by atoms with Crippen molar-refractivity contribution in [2.24, 2.45) is 0 Å². The molecule has 0 atom stereocenters. The van der Waals surface area contributed by atoms with Crippen LogP contribution in [0.5, 0.6) is 0 Å². The van der Waals surface area contributed by atoms with E-state index in [1.807, 2.05) is 86.6 Å². The van der Waals surface area contributed by atoms with Crippen molar-refractivity contribution < 1.29 is 0 Å². The Labute approximate surface area is 193 Å². The molecule has 0 amide bonds. The highest BCUT2D eigenvalue weighted by Gasteiger charge is 2.06. The smallest absolute Gasteiger partial charge is 0.166 e. The van der Waals surface area contributed by atoms with Crippen molar-refractivity contribution in [3.63, 3.8) is 0 Å². The van der Waals surface area contributed by atoms with Gasteiger partial charge >= 0.3 is 0 Å². The molecule has 0 aromatic carbocycles. The maximum atomic E-state index is 5.44. The molecule has 2 N–H and O–H groups in total. The maximum absolute atomic E-state index is 5.44. The number of nitrogens with one attached hydrogen (secondary N) is 2. The lowest BCUT2D eigenvalue weighted by atomic mass is 10.2. The lowest BCUT2D eigenvalue weighted by Gasteiger charge is -2.11. The van der Waals surface area contributed by atoms with E-state index in [0.29, 0.717) is 18.2 Å². The zero-order valence-electron chi connectivity index (χ0n) is 18.0. The third-order valence-electron chi connectivity index (χ3n) is 4.78. The Morgan fingerprint density at radius 1 is 0.594 bits per heavy atom. The van der Waals surface area contributed by atoms with Crippen LogP contribution in [0.1, 0.15) is 22.8 Å². The van der Waals surface area contributed by atoms with Gasteiger partial charge in [0, 0.05) is 11.4 Å². The van der Waals surface area contributed by atoms with Gasteiger partial charge in [-0.3, -0.25) is 9.97 Å². The Kier molecular flexibility index (Phi) is 6.77. The molecule has 7 heteroatoms. The molecule has 0 unspecified atom stereocenters. The van der Waals surface area contributed by atoms with E-state index in [0.717, 1.165) is 45.6 Å². The first-order chi connectivity index (χ1) is 15.6. The average molecular weight is 441 g/mol. The van der Waals surface area contributed by atoms with Crippen molar-refractivity contribution in [1.82, 2.24) is 30.6 Å². The third kappa shape index (κ3) is 5.70. The minimum Gasteiger partial charge on any atom is -0.357 e. The summed E-state index contributed by atoms with van der Waals surface area (Å²) in [6, 6.07) is 23.7. The Hall–Kier alpha value is -3.71. The zero-order valence-corrected chi connectivity index (χ0v) is 18.9. The highest BCUT2D eigenvalue weighted by atomic mass is 32.1. The molecule has 160 valence electrons. The molecular formula is C25H24N6S. The van der Waals surface area contributed by atoms with Gasteiger partial charge < -0.3 is 10.6 Å². The van der Waals surface area contributed by atoms with Gasteiger partial charge in [0.2, 0.25) is 0 Å².